The number of anilines is 1. The molecular formula is C19H23BrN2O3S. The number of halogens is 1. The molecule has 1 N–H and O–H groups in total. The minimum Gasteiger partial charge on any atom is -0.322 e. The number of carbonyl (C=O) groups excluding carboxylic acids is 1. The van der Waals surface area contributed by atoms with Crippen LogP contribution in [0.1, 0.15) is 35.3 Å². The summed E-state index contributed by atoms with van der Waals surface area (Å²) < 4.78 is 27.7. The number of nitrogens with zero attached hydrogens (tertiary/aromatic N) is 1. The summed E-state index contributed by atoms with van der Waals surface area (Å²) in [6, 6.07) is 10.2. The predicted octanol–water partition coefficient (Wildman–Crippen LogP) is 4.35. The molecule has 0 bridgehead atoms. The van der Waals surface area contributed by atoms with Gasteiger partial charge in [-0.1, -0.05) is 35.8 Å². The van der Waals surface area contributed by atoms with Crippen LogP contribution in [0.5, 0.6) is 0 Å². The highest BCUT2D eigenvalue weighted by atomic mass is 79.9. The van der Waals surface area contributed by atoms with Crippen LogP contribution in [0.15, 0.2) is 45.8 Å². The molecule has 140 valence electrons. The average molecular weight is 439 g/mol. The Hall–Kier alpha value is -1.70. The van der Waals surface area contributed by atoms with Crippen LogP contribution in [-0.4, -0.2) is 31.7 Å². The highest BCUT2D eigenvalue weighted by Crippen LogP contribution is 2.23. The van der Waals surface area contributed by atoms with Crippen molar-refractivity contribution in [2.45, 2.75) is 32.6 Å². The van der Waals surface area contributed by atoms with Crippen molar-refractivity contribution in [1.29, 1.82) is 0 Å². The Balaban J connectivity index is 2.37. The van der Waals surface area contributed by atoms with Gasteiger partial charge in [0.25, 0.3) is 5.91 Å². The second-order valence-corrected chi connectivity index (χ2v) is 8.78. The third kappa shape index (κ3) is 4.34. The van der Waals surface area contributed by atoms with Gasteiger partial charge in [0.15, 0.2) is 0 Å². The van der Waals surface area contributed by atoms with Gasteiger partial charge >= 0.3 is 0 Å². The molecule has 0 saturated carbocycles. The van der Waals surface area contributed by atoms with E-state index in [-0.39, 0.29) is 10.8 Å². The number of sulfonamides is 1. The molecule has 5 nitrogen and oxygen atoms in total. The van der Waals surface area contributed by atoms with Crippen LogP contribution in [0, 0.1) is 13.8 Å². The molecule has 0 aromatic heterocycles. The second kappa shape index (κ2) is 8.33. The van der Waals surface area contributed by atoms with Crippen molar-refractivity contribution in [3.8, 4) is 0 Å². The fraction of sp³-hybridized carbons (Fsp3) is 0.316. The number of benzene rings is 2. The van der Waals surface area contributed by atoms with Crippen molar-refractivity contribution in [1.82, 2.24) is 4.31 Å². The molecule has 0 fully saturated rings. The molecule has 0 saturated heterocycles. The first-order valence-electron chi connectivity index (χ1n) is 8.39. The van der Waals surface area contributed by atoms with Crippen LogP contribution in [0.25, 0.3) is 0 Å². The minimum atomic E-state index is -3.61. The molecule has 2 aromatic rings. The Morgan fingerprint density at radius 2 is 1.69 bits per heavy atom. The largest absolute Gasteiger partial charge is 0.322 e. The smallest absolute Gasteiger partial charge is 0.255 e. The first-order valence-corrected chi connectivity index (χ1v) is 10.6. The van der Waals surface area contributed by atoms with E-state index in [2.05, 4.69) is 21.2 Å². The van der Waals surface area contributed by atoms with E-state index >= 15 is 0 Å². The van der Waals surface area contributed by atoms with E-state index in [9.17, 15) is 13.2 Å². The van der Waals surface area contributed by atoms with Gasteiger partial charge in [0.05, 0.1) is 4.90 Å². The third-order valence-electron chi connectivity index (χ3n) is 4.21. The van der Waals surface area contributed by atoms with Gasteiger partial charge in [-0.2, -0.15) is 4.31 Å². The molecule has 0 unspecified atom stereocenters. The standard InChI is InChI=1S/C19H23BrN2O3S/c1-5-22(6-2)26(24,25)16-9-7-13(3)17(12-16)19(23)21-15-8-10-18(20)14(4)11-15/h7-12H,5-6H2,1-4H3,(H,21,23). The van der Waals surface area contributed by atoms with E-state index < -0.39 is 10.0 Å². The van der Waals surface area contributed by atoms with E-state index in [1.807, 2.05) is 19.1 Å². The normalized spacial score (nSPS) is 11.6. The molecule has 0 spiro atoms. The summed E-state index contributed by atoms with van der Waals surface area (Å²) in [6.07, 6.45) is 0. The van der Waals surface area contributed by atoms with Gasteiger partial charge in [-0.3, -0.25) is 4.79 Å². The minimum absolute atomic E-state index is 0.129. The molecule has 1 amide bonds. The van der Waals surface area contributed by atoms with Crippen LogP contribution in [0.2, 0.25) is 0 Å². The molecule has 0 atom stereocenters. The topological polar surface area (TPSA) is 66.5 Å². The van der Waals surface area contributed by atoms with E-state index in [0.29, 0.717) is 24.3 Å². The number of aryl methyl sites for hydroxylation is 2. The zero-order chi connectivity index (χ0) is 19.5. The Morgan fingerprint density at radius 1 is 1.04 bits per heavy atom. The Kier molecular flexibility index (Phi) is 6.60. The summed E-state index contributed by atoms with van der Waals surface area (Å²) in [7, 11) is -3.61. The molecular weight excluding hydrogens is 416 g/mol. The van der Waals surface area contributed by atoms with Crippen molar-refractivity contribution < 1.29 is 13.2 Å². The van der Waals surface area contributed by atoms with E-state index in [0.717, 1.165) is 15.6 Å². The summed E-state index contributed by atoms with van der Waals surface area (Å²) in [6.45, 7) is 8.06. The van der Waals surface area contributed by atoms with Crippen molar-refractivity contribution in [3.63, 3.8) is 0 Å². The van der Waals surface area contributed by atoms with Gasteiger partial charge in [0, 0.05) is 28.8 Å². The lowest BCUT2D eigenvalue weighted by Crippen LogP contribution is -2.30. The molecule has 2 rings (SSSR count). The van der Waals surface area contributed by atoms with Crippen LogP contribution < -0.4 is 5.32 Å². The van der Waals surface area contributed by atoms with Gasteiger partial charge in [0.1, 0.15) is 0 Å². The second-order valence-electron chi connectivity index (χ2n) is 5.98. The fourth-order valence-electron chi connectivity index (χ4n) is 2.64. The first kappa shape index (κ1) is 20.6. The number of hydrogen-bond donors (Lipinski definition) is 1. The zero-order valence-electron chi connectivity index (χ0n) is 15.3. The lowest BCUT2D eigenvalue weighted by molar-refractivity contribution is 0.102. The number of hydrogen-bond acceptors (Lipinski definition) is 3. The summed E-state index contributed by atoms with van der Waals surface area (Å²) in [5.41, 5.74) is 2.72. The van der Waals surface area contributed by atoms with Crippen molar-refractivity contribution in [2.24, 2.45) is 0 Å². The molecule has 7 heteroatoms. The van der Waals surface area contributed by atoms with E-state index in [1.54, 1.807) is 39.0 Å². The SMILES string of the molecule is CCN(CC)S(=O)(=O)c1ccc(C)c(C(=O)Nc2ccc(Br)c(C)c2)c1. The summed E-state index contributed by atoms with van der Waals surface area (Å²) in [5, 5.41) is 2.83. The van der Waals surface area contributed by atoms with E-state index in [1.165, 1.54) is 10.4 Å². The highest BCUT2D eigenvalue weighted by molar-refractivity contribution is 9.10. The summed E-state index contributed by atoms with van der Waals surface area (Å²) >= 11 is 3.43. The number of amides is 1. The first-order chi connectivity index (χ1) is 12.2. The molecule has 0 aliphatic rings. The number of rotatable bonds is 6. The van der Waals surface area contributed by atoms with Gasteiger partial charge in [-0.05, 0) is 55.3 Å². The van der Waals surface area contributed by atoms with E-state index in [4.69, 9.17) is 0 Å². The van der Waals surface area contributed by atoms with Gasteiger partial charge < -0.3 is 5.32 Å². The fourth-order valence-corrected chi connectivity index (χ4v) is 4.37. The lowest BCUT2D eigenvalue weighted by Gasteiger charge is -2.19. The molecule has 2 aromatic carbocycles. The van der Waals surface area contributed by atoms with Gasteiger partial charge in [0.2, 0.25) is 10.0 Å². The average Bonchev–Trinajstić information content (AvgIpc) is 2.59. The van der Waals surface area contributed by atoms with Crippen LogP contribution in [-0.2, 0) is 10.0 Å². The van der Waals surface area contributed by atoms with Crippen molar-refractivity contribution in [2.75, 3.05) is 18.4 Å². The molecule has 0 aliphatic carbocycles. The van der Waals surface area contributed by atoms with Crippen molar-refractivity contribution in [3.05, 3.63) is 57.6 Å². The number of carbonyl (C=O) groups is 1. The maximum Gasteiger partial charge on any atom is 0.255 e. The van der Waals surface area contributed by atoms with Crippen LogP contribution in [0.3, 0.4) is 0 Å². The highest BCUT2D eigenvalue weighted by Gasteiger charge is 2.23. The van der Waals surface area contributed by atoms with Crippen LogP contribution in [0.4, 0.5) is 5.69 Å². The molecule has 0 heterocycles. The summed E-state index contributed by atoms with van der Waals surface area (Å²) in [4.78, 5) is 12.8. The Bertz CT molecular complexity index is 922. The molecule has 0 radical (unpaired) electrons. The zero-order valence-corrected chi connectivity index (χ0v) is 17.7. The Labute approximate surface area is 163 Å². The maximum absolute atomic E-state index is 12.7. The quantitative estimate of drug-likeness (QED) is 0.728. The molecule has 0 aliphatic heterocycles. The summed E-state index contributed by atoms with van der Waals surface area (Å²) in [5.74, 6) is -0.333. The van der Waals surface area contributed by atoms with Gasteiger partial charge in [-0.25, -0.2) is 8.42 Å². The molecule has 26 heavy (non-hydrogen) atoms. The lowest BCUT2D eigenvalue weighted by atomic mass is 10.1. The predicted molar refractivity (Wildman–Crippen MR) is 108 cm³/mol. The van der Waals surface area contributed by atoms with Crippen molar-refractivity contribution >= 4 is 37.5 Å². The number of nitrogens with one attached hydrogen (secondary N) is 1. The van der Waals surface area contributed by atoms with Gasteiger partial charge in [-0.15, -0.1) is 0 Å². The third-order valence-corrected chi connectivity index (χ3v) is 7.15. The maximum atomic E-state index is 12.7. The monoisotopic (exact) mass is 438 g/mol. The van der Waals surface area contributed by atoms with Crippen LogP contribution >= 0.6 is 15.9 Å². The Morgan fingerprint density at radius 3 is 2.27 bits per heavy atom.